The average molecular weight is 525 g/mol. The van der Waals surface area contributed by atoms with Crippen LogP contribution in [0.5, 0.6) is 0 Å². The number of hydrogen-bond acceptors (Lipinski definition) is 6. The molecule has 1 amide bonds. The highest BCUT2D eigenvalue weighted by molar-refractivity contribution is 5.81. The van der Waals surface area contributed by atoms with Crippen molar-refractivity contribution in [3.8, 4) is 0 Å². The van der Waals surface area contributed by atoms with E-state index in [-0.39, 0.29) is 29.0 Å². The first kappa shape index (κ1) is 27.3. The number of amides is 1. The molecule has 0 bridgehead atoms. The van der Waals surface area contributed by atoms with Gasteiger partial charge in [-0.25, -0.2) is 0 Å². The number of methoxy groups -OCH3 is 1. The van der Waals surface area contributed by atoms with Gasteiger partial charge in [-0.3, -0.25) is 14.5 Å². The van der Waals surface area contributed by atoms with Crippen LogP contribution < -0.4 is 5.56 Å². The van der Waals surface area contributed by atoms with Gasteiger partial charge in [-0.1, -0.05) is 24.6 Å². The van der Waals surface area contributed by atoms with E-state index in [0.717, 1.165) is 82.2 Å². The molecular weight excluding hydrogens is 480 g/mol. The van der Waals surface area contributed by atoms with Crippen LogP contribution in [-0.4, -0.2) is 96.9 Å². The first-order valence-corrected chi connectivity index (χ1v) is 14.3. The SMILES string of the molecule is COC1CCCC(C(=O)N(Cc2cc3ccccc3n(C)c2=O)CC2(N3CCN(C)CC3)CCCOC2)C1. The first-order valence-electron chi connectivity index (χ1n) is 14.3. The maximum atomic E-state index is 14.3. The lowest BCUT2D eigenvalue weighted by Crippen LogP contribution is -2.64. The number of rotatable bonds is 7. The van der Waals surface area contributed by atoms with Gasteiger partial charge >= 0.3 is 0 Å². The molecule has 1 aromatic heterocycles. The number of aromatic nitrogens is 1. The van der Waals surface area contributed by atoms with E-state index in [1.165, 1.54) is 0 Å². The minimum absolute atomic E-state index is 0.0338. The summed E-state index contributed by atoms with van der Waals surface area (Å²) in [6.45, 7) is 6.26. The number of carbonyl (C=O) groups is 1. The molecule has 38 heavy (non-hydrogen) atoms. The number of likely N-dealkylation sites (N-methyl/N-ethyl adjacent to an activating group) is 1. The number of aryl methyl sites for hydroxylation is 1. The molecule has 0 spiro atoms. The maximum Gasteiger partial charge on any atom is 0.255 e. The van der Waals surface area contributed by atoms with Crippen LogP contribution in [-0.2, 0) is 27.9 Å². The van der Waals surface area contributed by atoms with Crippen LogP contribution >= 0.6 is 0 Å². The number of para-hydroxylation sites is 1. The summed E-state index contributed by atoms with van der Waals surface area (Å²) in [4.78, 5) is 34.7. The molecule has 1 aromatic carbocycles. The molecule has 3 fully saturated rings. The van der Waals surface area contributed by atoms with E-state index in [4.69, 9.17) is 9.47 Å². The molecule has 1 saturated carbocycles. The Kier molecular flexibility index (Phi) is 8.53. The van der Waals surface area contributed by atoms with Gasteiger partial charge in [0.1, 0.15) is 0 Å². The van der Waals surface area contributed by atoms with E-state index in [1.807, 2.05) is 42.3 Å². The van der Waals surface area contributed by atoms with Gasteiger partial charge in [0.2, 0.25) is 5.91 Å². The molecule has 0 radical (unpaired) electrons. The lowest BCUT2D eigenvalue weighted by Gasteiger charge is -2.51. The lowest BCUT2D eigenvalue weighted by atomic mass is 9.84. The number of carbonyl (C=O) groups excluding carboxylic acids is 1. The second-order valence-electron chi connectivity index (χ2n) is 11.7. The van der Waals surface area contributed by atoms with Crippen molar-refractivity contribution in [1.29, 1.82) is 0 Å². The molecule has 3 heterocycles. The van der Waals surface area contributed by atoms with Gasteiger partial charge in [0.15, 0.2) is 0 Å². The van der Waals surface area contributed by atoms with Gasteiger partial charge in [-0.15, -0.1) is 0 Å². The predicted octanol–water partition coefficient (Wildman–Crippen LogP) is 2.87. The summed E-state index contributed by atoms with van der Waals surface area (Å²) in [5, 5.41) is 1.02. The smallest absolute Gasteiger partial charge is 0.255 e. The van der Waals surface area contributed by atoms with Gasteiger partial charge in [-0.05, 0) is 56.7 Å². The number of ether oxygens (including phenoxy) is 2. The van der Waals surface area contributed by atoms with Crippen LogP contribution in [0.25, 0.3) is 10.9 Å². The second-order valence-corrected chi connectivity index (χ2v) is 11.7. The molecule has 1 aliphatic carbocycles. The number of fused-ring (bicyclic) bond motifs is 1. The lowest BCUT2D eigenvalue weighted by molar-refractivity contribution is -0.144. The molecule has 8 heteroatoms. The Hall–Kier alpha value is -2.26. The van der Waals surface area contributed by atoms with E-state index >= 15 is 0 Å². The van der Waals surface area contributed by atoms with Crippen molar-refractivity contribution in [3.63, 3.8) is 0 Å². The van der Waals surface area contributed by atoms with E-state index in [1.54, 1.807) is 11.7 Å². The van der Waals surface area contributed by atoms with Gasteiger partial charge in [0.25, 0.3) is 5.56 Å². The highest BCUT2D eigenvalue weighted by Gasteiger charge is 2.43. The van der Waals surface area contributed by atoms with E-state index in [0.29, 0.717) is 25.3 Å². The fraction of sp³-hybridized carbons (Fsp3) is 0.667. The van der Waals surface area contributed by atoms with E-state index < -0.39 is 0 Å². The zero-order chi connectivity index (χ0) is 26.7. The number of piperazine rings is 1. The molecule has 3 aliphatic rings. The van der Waals surface area contributed by atoms with E-state index in [9.17, 15) is 9.59 Å². The monoisotopic (exact) mass is 524 g/mol. The Bertz CT molecular complexity index is 1170. The Morgan fingerprint density at radius 1 is 1.13 bits per heavy atom. The summed E-state index contributed by atoms with van der Waals surface area (Å²) >= 11 is 0. The quantitative estimate of drug-likeness (QED) is 0.555. The Labute approximate surface area is 226 Å². The summed E-state index contributed by atoms with van der Waals surface area (Å²) < 4.78 is 13.5. The van der Waals surface area contributed by atoms with Gasteiger partial charge in [-0.2, -0.15) is 0 Å². The Morgan fingerprint density at radius 3 is 2.66 bits per heavy atom. The highest BCUT2D eigenvalue weighted by atomic mass is 16.5. The number of benzene rings is 1. The summed E-state index contributed by atoms with van der Waals surface area (Å²) in [5.74, 6) is 0.0769. The molecule has 5 rings (SSSR count). The van der Waals surface area contributed by atoms with Crippen molar-refractivity contribution in [3.05, 3.63) is 46.2 Å². The third kappa shape index (κ3) is 5.69. The first-order chi connectivity index (χ1) is 18.4. The van der Waals surface area contributed by atoms with Gasteiger partial charge in [0.05, 0.1) is 30.3 Å². The largest absolute Gasteiger partial charge is 0.381 e. The molecule has 2 aliphatic heterocycles. The Balaban J connectivity index is 1.49. The average Bonchev–Trinajstić information content (AvgIpc) is 2.96. The van der Waals surface area contributed by atoms with Crippen molar-refractivity contribution >= 4 is 16.8 Å². The van der Waals surface area contributed by atoms with Crippen molar-refractivity contribution in [2.75, 3.05) is 60.1 Å². The van der Waals surface area contributed by atoms with Crippen LogP contribution in [0.3, 0.4) is 0 Å². The van der Waals surface area contributed by atoms with Crippen molar-refractivity contribution in [1.82, 2.24) is 19.3 Å². The van der Waals surface area contributed by atoms with Crippen molar-refractivity contribution < 1.29 is 14.3 Å². The van der Waals surface area contributed by atoms with Gasteiger partial charge < -0.3 is 23.8 Å². The minimum Gasteiger partial charge on any atom is -0.381 e. The zero-order valence-electron chi connectivity index (χ0n) is 23.4. The third-order valence-electron chi connectivity index (χ3n) is 9.15. The third-order valence-corrected chi connectivity index (χ3v) is 9.15. The summed E-state index contributed by atoms with van der Waals surface area (Å²) in [7, 11) is 5.74. The fourth-order valence-electron chi connectivity index (χ4n) is 6.81. The molecule has 2 saturated heterocycles. The zero-order valence-corrected chi connectivity index (χ0v) is 23.4. The van der Waals surface area contributed by atoms with Gasteiger partial charge in [0, 0.05) is 65.0 Å². The highest BCUT2D eigenvalue weighted by Crippen LogP contribution is 2.33. The van der Waals surface area contributed by atoms with Crippen LogP contribution in [0.4, 0.5) is 0 Å². The van der Waals surface area contributed by atoms with Crippen LogP contribution in [0.15, 0.2) is 35.1 Å². The molecule has 8 nitrogen and oxygen atoms in total. The summed E-state index contributed by atoms with van der Waals surface area (Å²) in [6, 6.07) is 9.94. The molecule has 3 atom stereocenters. The second kappa shape index (κ2) is 11.9. The molecule has 3 unspecified atom stereocenters. The Morgan fingerprint density at radius 2 is 1.92 bits per heavy atom. The van der Waals surface area contributed by atoms with Crippen molar-refractivity contribution in [2.24, 2.45) is 13.0 Å². The van der Waals surface area contributed by atoms with E-state index in [2.05, 4.69) is 16.8 Å². The fourth-order valence-corrected chi connectivity index (χ4v) is 6.81. The molecule has 0 N–H and O–H groups in total. The minimum atomic E-state index is -0.230. The molecular formula is C30H44N4O4. The summed E-state index contributed by atoms with van der Waals surface area (Å²) in [5.41, 5.74) is 1.31. The number of pyridine rings is 1. The maximum absolute atomic E-state index is 14.3. The predicted molar refractivity (Wildman–Crippen MR) is 149 cm³/mol. The molecule has 2 aromatic rings. The molecule has 208 valence electrons. The number of nitrogens with zero attached hydrogens (tertiary/aromatic N) is 4. The standard InChI is InChI=1S/C30H44N4O4/c1-31-13-15-34(16-14-31)30(12-7-17-38-22-30)21-33(29(36)24-9-6-10-26(19-24)37-3)20-25-18-23-8-4-5-11-27(23)32(2)28(25)35/h4-5,8,11,18,24,26H,6-7,9-10,12-17,19-22H2,1-3H3. The van der Waals surface area contributed by atoms with Crippen LogP contribution in [0.2, 0.25) is 0 Å². The number of hydrogen-bond donors (Lipinski definition) is 0. The normalized spacial score (nSPS) is 27.4. The van der Waals surface area contributed by atoms with Crippen LogP contribution in [0, 0.1) is 5.92 Å². The topological polar surface area (TPSA) is 67.2 Å². The summed E-state index contributed by atoms with van der Waals surface area (Å²) in [6.07, 6.45) is 5.74. The van der Waals surface area contributed by atoms with Crippen LogP contribution in [0.1, 0.15) is 44.1 Å². The van der Waals surface area contributed by atoms with Crippen molar-refractivity contribution in [2.45, 2.75) is 56.7 Å².